The van der Waals surface area contributed by atoms with Gasteiger partial charge in [-0.05, 0) is 24.5 Å². The highest BCUT2D eigenvalue weighted by molar-refractivity contribution is 7.88. The Hall–Kier alpha value is -1.47. The average Bonchev–Trinajstić information content (AvgIpc) is 2.45. The number of sulfonamides is 1. The third-order valence-electron chi connectivity index (χ3n) is 3.37. The van der Waals surface area contributed by atoms with Crippen molar-refractivity contribution in [1.82, 2.24) is 14.6 Å². The largest absolute Gasteiger partial charge is 0.351 e. The van der Waals surface area contributed by atoms with Crippen molar-refractivity contribution in [1.29, 1.82) is 0 Å². The molecule has 0 aliphatic carbocycles. The van der Waals surface area contributed by atoms with E-state index >= 15 is 0 Å². The van der Waals surface area contributed by atoms with E-state index in [1.165, 1.54) is 4.31 Å². The van der Waals surface area contributed by atoms with E-state index in [0.717, 1.165) is 24.7 Å². The van der Waals surface area contributed by atoms with E-state index in [1.807, 2.05) is 6.07 Å². The lowest BCUT2D eigenvalue weighted by molar-refractivity contribution is -0.125. The molecular formula is C13H19N3O3S. The molecule has 1 fully saturated rings. The molecule has 1 N–H and O–H groups in total. The van der Waals surface area contributed by atoms with Crippen LogP contribution >= 0.6 is 0 Å². The van der Waals surface area contributed by atoms with Crippen LogP contribution in [0.3, 0.4) is 0 Å². The minimum absolute atomic E-state index is 0.237. The zero-order valence-electron chi connectivity index (χ0n) is 11.4. The second-order valence-electron chi connectivity index (χ2n) is 4.96. The second kappa shape index (κ2) is 6.32. The van der Waals surface area contributed by atoms with Crippen molar-refractivity contribution in [3.8, 4) is 0 Å². The topological polar surface area (TPSA) is 79.4 Å². The summed E-state index contributed by atoms with van der Waals surface area (Å²) in [7, 11) is -3.34. The van der Waals surface area contributed by atoms with Crippen molar-refractivity contribution in [2.24, 2.45) is 0 Å². The first-order chi connectivity index (χ1) is 9.48. The summed E-state index contributed by atoms with van der Waals surface area (Å²) in [6.07, 6.45) is 6.75. The van der Waals surface area contributed by atoms with Gasteiger partial charge >= 0.3 is 0 Å². The summed E-state index contributed by atoms with van der Waals surface area (Å²) in [5, 5.41) is 2.79. The van der Waals surface area contributed by atoms with Crippen LogP contribution in [0.25, 0.3) is 0 Å². The van der Waals surface area contributed by atoms with Gasteiger partial charge in [-0.1, -0.05) is 12.5 Å². The number of hydrogen-bond acceptors (Lipinski definition) is 4. The number of nitrogens with zero attached hydrogens (tertiary/aromatic N) is 2. The first kappa shape index (κ1) is 14.9. The molecule has 1 aromatic rings. The van der Waals surface area contributed by atoms with Crippen molar-refractivity contribution in [2.75, 3.05) is 12.8 Å². The van der Waals surface area contributed by atoms with Gasteiger partial charge in [0.05, 0.1) is 6.26 Å². The number of nitrogens with one attached hydrogen (secondary N) is 1. The number of hydrogen-bond donors (Lipinski definition) is 1. The van der Waals surface area contributed by atoms with Crippen LogP contribution in [-0.2, 0) is 21.4 Å². The molecule has 1 aromatic heterocycles. The highest BCUT2D eigenvalue weighted by atomic mass is 32.2. The van der Waals surface area contributed by atoms with E-state index in [9.17, 15) is 13.2 Å². The van der Waals surface area contributed by atoms with Gasteiger partial charge < -0.3 is 5.32 Å². The quantitative estimate of drug-likeness (QED) is 0.878. The Morgan fingerprint density at radius 1 is 1.50 bits per heavy atom. The van der Waals surface area contributed by atoms with Gasteiger partial charge in [-0.2, -0.15) is 4.31 Å². The number of pyridine rings is 1. The molecule has 0 saturated carbocycles. The molecule has 0 radical (unpaired) electrons. The Kier molecular flexibility index (Phi) is 4.72. The summed E-state index contributed by atoms with van der Waals surface area (Å²) < 4.78 is 24.7. The van der Waals surface area contributed by atoms with Crippen LogP contribution in [0.15, 0.2) is 24.5 Å². The van der Waals surface area contributed by atoms with Gasteiger partial charge in [0.1, 0.15) is 6.04 Å². The van der Waals surface area contributed by atoms with Gasteiger partial charge in [-0.3, -0.25) is 9.78 Å². The van der Waals surface area contributed by atoms with Crippen LogP contribution in [0.4, 0.5) is 0 Å². The summed E-state index contributed by atoms with van der Waals surface area (Å²) in [5.41, 5.74) is 0.891. The molecule has 1 aliphatic rings. The molecule has 7 heteroatoms. The van der Waals surface area contributed by atoms with E-state index in [0.29, 0.717) is 19.5 Å². The predicted octanol–water partition coefficient (Wildman–Crippen LogP) is 0.512. The number of carbonyl (C=O) groups is 1. The normalized spacial score (nSPS) is 20.6. The molecule has 0 bridgehead atoms. The molecule has 0 aromatic carbocycles. The number of amides is 1. The molecule has 2 rings (SSSR count). The minimum atomic E-state index is -3.34. The van der Waals surface area contributed by atoms with Crippen LogP contribution < -0.4 is 5.32 Å². The molecule has 1 aliphatic heterocycles. The number of piperidine rings is 1. The smallest absolute Gasteiger partial charge is 0.238 e. The molecule has 2 heterocycles. The van der Waals surface area contributed by atoms with Crippen LogP contribution in [0.2, 0.25) is 0 Å². The zero-order chi connectivity index (χ0) is 14.6. The Labute approximate surface area is 119 Å². The van der Waals surface area contributed by atoms with E-state index in [4.69, 9.17) is 0 Å². The third-order valence-corrected chi connectivity index (χ3v) is 4.66. The lowest BCUT2D eigenvalue weighted by atomic mass is 10.0. The third kappa shape index (κ3) is 3.77. The molecule has 20 heavy (non-hydrogen) atoms. The van der Waals surface area contributed by atoms with Gasteiger partial charge in [0, 0.05) is 25.5 Å². The van der Waals surface area contributed by atoms with Crippen LogP contribution in [-0.4, -0.2) is 42.5 Å². The fraction of sp³-hybridized carbons (Fsp3) is 0.538. The molecular weight excluding hydrogens is 278 g/mol. The Bertz CT molecular complexity index is 559. The fourth-order valence-electron chi connectivity index (χ4n) is 2.37. The molecule has 1 atom stereocenters. The highest BCUT2D eigenvalue weighted by Gasteiger charge is 2.34. The van der Waals surface area contributed by atoms with Crippen molar-refractivity contribution >= 4 is 15.9 Å². The summed E-state index contributed by atoms with van der Waals surface area (Å²) in [6.45, 7) is 0.782. The van der Waals surface area contributed by atoms with E-state index < -0.39 is 16.1 Å². The lowest BCUT2D eigenvalue weighted by Crippen LogP contribution is -2.51. The van der Waals surface area contributed by atoms with Gasteiger partial charge in [0.15, 0.2) is 0 Å². The summed E-state index contributed by atoms with van der Waals surface area (Å²) in [6, 6.07) is 3.07. The average molecular weight is 297 g/mol. The summed E-state index contributed by atoms with van der Waals surface area (Å²) in [4.78, 5) is 16.2. The minimum Gasteiger partial charge on any atom is -0.351 e. The maximum absolute atomic E-state index is 12.2. The summed E-state index contributed by atoms with van der Waals surface area (Å²) in [5.74, 6) is -0.237. The first-order valence-electron chi connectivity index (χ1n) is 6.62. The van der Waals surface area contributed by atoms with Gasteiger partial charge in [-0.15, -0.1) is 0 Å². The fourth-order valence-corrected chi connectivity index (χ4v) is 3.50. The van der Waals surface area contributed by atoms with Crippen molar-refractivity contribution in [3.63, 3.8) is 0 Å². The Morgan fingerprint density at radius 3 is 2.95 bits per heavy atom. The number of carbonyl (C=O) groups excluding carboxylic acids is 1. The van der Waals surface area contributed by atoms with Crippen LogP contribution in [0.1, 0.15) is 24.8 Å². The summed E-state index contributed by atoms with van der Waals surface area (Å²) >= 11 is 0. The van der Waals surface area contributed by atoms with Gasteiger partial charge in [-0.25, -0.2) is 8.42 Å². The SMILES string of the molecule is CS(=O)(=O)N1CCCC[C@@H]1C(=O)NCc1cccnc1. The zero-order valence-corrected chi connectivity index (χ0v) is 12.3. The second-order valence-corrected chi connectivity index (χ2v) is 6.90. The van der Waals surface area contributed by atoms with Crippen LogP contribution in [0, 0.1) is 0 Å². The number of rotatable bonds is 4. The van der Waals surface area contributed by atoms with Crippen molar-refractivity contribution in [3.05, 3.63) is 30.1 Å². The monoisotopic (exact) mass is 297 g/mol. The Balaban J connectivity index is 2.00. The van der Waals surface area contributed by atoms with E-state index in [2.05, 4.69) is 10.3 Å². The van der Waals surface area contributed by atoms with Gasteiger partial charge in [0.2, 0.25) is 15.9 Å². The molecule has 0 spiro atoms. The van der Waals surface area contributed by atoms with Gasteiger partial charge in [0.25, 0.3) is 0 Å². The number of aromatic nitrogens is 1. The standard InChI is InChI=1S/C13H19N3O3S/c1-20(18,19)16-8-3-2-6-12(16)13(17)15-10-11-5-4-7-14-9-11/h4-5,7,9,12H,2-3,6,8,10H2,1H3,(H,15,17)/t12-/m1/s1. The maximum Gasteiger partial charge on any atom is 0.238 e. The maximum atomic E-state index is 12.2. The molecule has 110 valence electrons. The van der Waals surface area contributed by atoms with Crippen molar-refractivity contribution in [2.45, 2.75) is 31.8 Å². The lowest BCUT2D eigenvalue weighted by Gasteiger charge is -2.32. The van der Waals surface area contributed by atoms with Crippen molar-refractivity contribution < 1.29 is 13.2 Å². The van der Waals surface area contributed by atoms with E-state index in [-0.39, 0.29) is 5.91 Å². The molecule has 6 nitrogen and oxygen atoms in total. The van der Waals surface area contributed by atoms with Crippen LogP contribution in [0.5, 0.6) is 0 Å². The molecule has 0 unspecified atom stereocenters. The Morgan fingerprint density at radius 2 is 2.30 bits per heavy atom. The predicted molar refractivity (Wildman–Crippen MR) is 75.3 cm³/mol. The highest BCUT2D eigenvalue weighted by Crippen LogP contribution is 2.20. The van der Waals surface area contributed by atoms with E-state index in [1.54, 1.807) is 18.5 Å². The molecule has 1 amide bonds. The first-order valence-corrected chi connectivity index (χ1v) is 8.47. The molecule has 1 saturated heterocycles.